The van der Waals surface area contributed by atoms with Crippen molar-refractivity contribution in [1.82, 2.24) is 19.9 Å². The topological polar surface area (TPSA) is 42.7 Å². The third-order valence-electron chi connectivity index (χ3n) is 3.31. The van der Waals surface area contributed by atoms with Crippen molar-refractivity contribution in [3.63, 3.8) is 0 Å². The van der Waals surface area contributed by atoms with Crippen LogP contribution in [0, 0.1) is 0 Å². The Morgan fingerprint density at radius 3 is 2.47 bits per heavy atom. The van der Waals surface area contributed by atoms with E-state index in [4.69, 9.17) is 4.98 Å². The van der Waals surface area contributed by atoms with Crippen LogP contribution in [0.5, 0.6) is 0 Å². The summed E-state index contributed by atoms with van der Waals surface area (Å²) >= 11 is 0. The molecular formula is C15H24N4. The highest BCUT2D eigenvalue weighted by Crippen LogP contribution is 2.30. The lowest BCUT2D eigenvalue weighted by Gasteiger charge is -2.32. The van der Waals surface area contributed by atoms with Gasteiger partial charge in [-0.05, 0) is 47.2 Å². The van der Waals surface area contributed by atoms with Gasteiger partial charge in [-0.2, -0.15) is 0 Å². The molecule has 0 fully saturated rings. The second-order valence-corrected chi connectivity index (χ2v) is 6.46. The zero-order valence-corrected chi connectivity index (χ0v) is 12.8. The molecule has 0 amide bonds. The summed E-state index contributed by atoms with van der Waals surface area (Å²) in [4.78, 5) is 8.99. The molecule has 0 unspecified atom stereocenters. The van der Waals surface area contributed by atoms with E-state index in [0.29, 0.717) is 0 Å². The Balaban J connectivity index is 2.73. The summed E-state index contributed by atoms with van der Waals surface area (Å²) in [6, 6.07) is 2.04. The quantitative estimate of drug-likeness (QED) is 0.922. The first-order valence-corrected chi connectivity index (χ1v) is 6.86. The molecular weight excluding hydrogens is 236 g/mol. The molecule has 0 bridgehead atoms. The van der Waals surface area contributed by atoms with Gasteiger partial charge in [0.15, 0.2) is 0 Å². The van der Waals surface area contributed by atoms with Gasteiger partial charge in [0, 0.05) is 11.7 Å². The first-order chi connectivity index (χ1) is 8.77. The SMILES string of the molecule is CCNC(C)(C)c1nc2cnccc2n1C(C)(C)C. The summed E-state index contributed by atoms with van der Waals surface area (Å²) < 4.78 is 2.31. The van der Waals surface area contributed by atoms with Crippen molar-refractivity contribution in [2.75, 3.05) is 6.54 Å². The zero-order valence-electron chi connectivity index (χ0n) is 12.8. The molecule has 19 heavy (non-hydrogen) atoms. The summed E-state index contributed by atoms with van der Waals surface area (Å²) in [6.07, 6.45) is 3.67. The van der Waals surface area contributed by atoms with Crippen LogP contribution < -0.4 is 5.32 Å². The van der Waals surface area contributed by atoms with Crippen molar-refractivity contribution in [3.8, 4) is 0 Å². The molecule has 0 spiro atoms. The number of aromatic nitrogens is 3. The Bertz CT molecular complexity index is 575. The Morgan fingerprint density at radius 1 is 1.21 bits per heavy atom. The van der Waals surface area contributed by atoms with Crippen LogP contribution >= 0.6 is 0 Å². The highest BCUT2D eigenvalue weighted by Gasteiger charge is 2.31. The maximum Gasteiger partial charge on any atom is 0.130 e. The Kier molecular flexibility index (Phi) is 3.39. The summed E-state index contributed by atoms with van der Waals surface area (Å²) in [7, 11) is 0. The van der Waals surface area contributed by atoms with Crippen LogP contribution in [0.2, 0.25) is 0 Å². The molecule has 2 aromatic heterocycles. The van der Waals surface area contributed by atoms with E-state index in [2.05, 4.69) is 56.4 Å². The highest BCUT2D eigenvalue weighted by atomic mass is 15.2. The molecule has 0 aromatic carbocycles. The van der Waals surface area contributed by atoms with E-state index in [-0.39, 0.29) is 11.1 Å². The van der Waals surface area contributed by atoms with Crippen LogP contribution in [0.15, 0.2) is 18.5 Å². The van der Waals surface area contributed by atoms with E-state index < -0.39 is 0 Å². The molecule has 2 rings (SSSR count). The van der Waals surface area contributed by atoms with Crippen molar-refractivity contribution in [2.45, 2.75) is 52.6 Å². The highest BCUT2D eigenvalue weighted by molar-refractivity contribution is 5.75. The third kappa shape index (κ3) is 2.50. The molecule has 2 heterocycles. The van der Waals surface area contributed by atoms with E-state index in [1.54, 1.807) is 0 Å². The van der Waals surface area contributed by atoms with E-state index >= 15 is 0 Å². The smallest absolute Gasteiger partial charge is 0.130 e. The molecule has 0 saturated carbocycles. The predicted octanol–water partition coefficient (Wildman–Crippen LogP) is 3.03. The second kappa shape index (κ2) is 4.60. The second-order valence-electron chi connectivity index (χ2n) is 6.46. The maximum absolute atomic E-state index is 4.81. The van der Waals surface area contributed by atoms with Crippen LogP contribution in [0.25, 0.3) is 11.0 Å². The van der Waals surface area contributed by atoms with Crippen molar-refractivity contribution < 1.29 is 0 Å². The molecule has 0 saturated heterocycles. The lowest BCUT2D eigenvalue weighted by atomic mass is 10.0. The fourth-order valence-corrected chi connectivity index (χ4v) is 2.55. The van der Waals surface area contributed by atoms with Gasteiger partial charge in [-0.15, -0.1) is 0 Å². The van der Waals surface area contributed by atoms with Gasteiger partial charge in [-0.25, -0.2) is 4.98 Å². The fourth-order valence-electron chi connectivity index (χ4n) is 2.55. The van der Waals surface area contributed by atoms with Crippen molar-refractivity contribution in [3.05, 3.63) is 24.3 Å². The van der Waals surface area contributed by atoms with Crippen LogP contribution in [0.3, 0.4) is 0 Å². The van der Waals surface area contributed by atoms with Gasteiger partial charge >= 0.3 is 0 Å². The van der Waals surface area contributed by atoms with Gasteiger partial charge in [0.2, 0.25) is 0 Å². The molecule has 0 aliphatic heterocycles. The largest absolute Gasteiger partial charge is 0.321 e. The molecule has 0 aliphatic carbocycles. The van der Waals surface area contributed by atoms with Crippen molar-refractivity contribution in [1.29, 1.82) is 0 Å². The number of nitrogens with one attached hydrogen (secondary N) is 1. The number of imidazole rings is 1. The normalized spacial score (nSPS) is 13.2. The van der Waals surface area contributed by atoms with E-state index in [0.717, 1.165) is 23.4 Å². The minimum absolute atomic E-state index is 0.0157. The van der Waals surface area contributed by atoms with E-state index in [1.807, 2.05) is 18.5 Å². The number of fused-ring (bicyclic) bond motifs is 1. The van der Waals surface area contributed by atoms with Gasteiger partial charge in [-0.1, -0.05) is 6.92 Å². The number of rotatable bonds is 3. The number of hydrogen-bond acceptors (Lipinski definition) is 3. The molecule has 4 nitrogen and oxygen atoms in total. The van der Waals surface area contributed by atoms with Gasteiger partial charge in [0.1, 0.15) is 11.3 Å². The Morgan fingerprint density at radius 2 is 1.89 bits per heavy atom. The average Bonchev–Trinajstić information content (AvgIpc) is 2.68. The first-order valence-electron chi connectivity index (χ1n) is 6.86. The predicted molar refractivity (Wildman–Crippen MR) is 79.2 cm³/mol. The number of nitrogens with zero attached hydrogens (tertiary/aromatic N) is 3. The lowest BCUT2D eigenvalue weighted by Crippen LogP contribution is -2.41. The fraction of sp³-hybridized carbons (Fsp3) is 0.600. The van der Waals surface area contributed by atoms with Crippen molar-refractivity contribution in [2.24, 2.45) is 0 Å². The monoisotopic (exact) mass is 260 g/mol. The van der Waals surface area contributed by atoms with Gasteiger partial charge in [0.05, 0.1) is 17.3 Å². The Hall–Kier alpha value is -1.42. The van der Waals surface area contributed by atoms with E-state index in [9.17, 15) is 0 Å². The molecule has 4 heteroatoms. The van der Waals surface area contributed by atoms with Crippen LogP contribution in [0.4, 0.5) is 0 Å². The van der Waals surface area contributed by atoms with Gasteiger partial charge < -0.3 is 9.88 Å². The van der Waals surface area contributed by atoms with E-state index in [1.165, 1.54) is 0 Å². The minimum atomic E-state index is -0.166. The van der Waals surface area contributed by atoms with Gasteiger partial charge in [-0.3, -0.25) is 4.98 Å². The van der Waals surface area contributed by atoms with Crippen LogP contribution in [-0.4, -0.2) is 21.1 Å². The first kappa shape index (κ1) is 14.0. The lowest BCUT2D eigenvalue weighted by molar-refractivity contribution is 0.321. The zero-order chi connectivity index (χ0) is 14.3. The molecule has 2 aromatic rings. The molecule has 0 atom stereocenters. The van der Waals surface area contributed by atoms with Crippen LogP contribution in [0.1, 0.15) is 47.4 Å². The third-order valence-corrected chi connectivity index (χ3v) is 3.31. The number of hydrogen-bond donors (Lipinski definition) is 1. The van der Waals surface area contributed by atoms with Crippen LogP contribution in [-0.2, 0) is 11.1 Å². The number of pyridine rings is 1. The standard InChI is InChI=1S/C15H24N4/c1-7-17-15(5,6)13-18-11-10-16-9-8-12(11)19(13)14(2,3)4/h8-10,17H,7H2,1-6H3. The molecule has 104 valence electrons. The minimum Gasteiger partial charge on any atom is -0.321 e. The summed E-state index contributed by atoms with van der Waals surface area (Å²) in [6.45, 7) is 14.0. The summed E-state index contributed by atoms with van der Waals surface area (Å²) in [5.74, 6) is 1.06. The average molecular weight is 260 g/mol. The maximum atomic E-state index is 4.81. The molecule has 0 radical (unpaired) electrons. The summed E-state index contributed by atoms with van der Waals surface area (Å²) in [5.41, 5.74) is 1.92. The summed E-state index contributed by atoms with van der Waals surface area (Å²) in [5, 5.41) is 3.51. The molecule has 1 N–H and O–H groups in total. The van der Waals surface area contributed by atoms with Gasteiger partial charge in [0.25, 0.3) is 0 Å². The molecule has 0 aliphatic rings. The van der Waals surface area contributed by atoms with Crippen molar-refractivity contribution >= 4 is 11.0 Å². The Labute approximate surface area is 115 Å².